The van der Waals surface area contributed by atoms with E-state index in [1.54, 1.807) is 25.2 Å². The van der Waals surface area contributed by atoms with Gasteiger partial charge in [-0.1, -0.05) is 225 Å². The topological polar surface area (TPSA) is 441 Å². The van der Waals surface area contributed by atoms with Crippen LogP contribution in [0, 0.1) is 0 Å². The number of alkyl carbamates (subject to hydrolysis) is 2. The lowest BCUT2D eigenvalue weighted by atomic mass is 10.0. The second kappa shape index (κ2) is 43.5. The number of aromatic carboxylic acids is 1. The maximum Gasteiger partial charge on any atom is 0.408 e. The molecule has 12 N–H and O–H groups in total. The summed E-state index contributed by atoms with van der Waals surface area (Å²) in [6, 6.07) is 78.8. The van der Waals surface area contributed by atoms with Gasteiger partial charge in [-0.25, -0.2) is 29.3 Å². The average Bonchev–Trinajstić information content (AvgIpc) is 1.68. The van der Waals surface area contributed by atoms with Gasteiger partial charge in [0.2, 0.25) is 5.82 Å². The van der Waals surface area contributed by atoms with E-state index in [9.17, 15) is 19.2 Å². The number of imidazole rings is 1. The molecule has 0 saturated carbocycles. The smallest absolute Gasteiger partial charge is 0.408 e. The molecule has 0 fully saturated rings. The first-order chi connectivity index (χ1) is 61.7. The van der Waals surface area contributed by atoms with Crippen LogP contribution in [-0.4, -0.2) is 144 Å². The minimum Gasteiger partial charge on any atom is -0.489 e. The fraction of sp³-hybridized carbons (Fsp3) is 0.215. The molecule has 640 valence electrons. The minimum absolute atomic E-state index is 0.0140. The number of carboxylic acid groups (broad SMARTS) is 1. The van der Waals surface area contributed by atoms with E-state index in [1.165, 1.54) is 27.8 Å². The second-order valence-electron chi connectivity index (χ2n) is 29.6. The first kappa shape index (κ1) is 87.2. The predicted molar refractivity (Wildman–Crippen MR) is 473 cm³/mol. The van der Waals surface area contributed by atoms with Crippen molar-refractivity contribution in [2.24, 2.45) is 17.2 Å². The number of aromatic nitrogens is 17. The van der Waals surface area contributed by atoms with Crippen molar-refractivity contribution in [1.82, 2.24) is 100 Å². The Bertz CT molecular complexity index is 6010. The highest BCUT2D eigenvalue weighted by Crippen LogP contribution is 2.33. The zero-order valence-electron chi connectivity index (χ0n) is 68.6. The third-order valence-corrected chi connectivity index (χ3v) is 21.4. The van der Waals surface area contributed by atoms with E-state index in [0.29, 0.717) is 36.6 Å². The van der Waals surface area contributed by atoms with Crippen molar-refractivity contribution in [3.63, 3.8) is 0 Å². The van der Waals surface area contributed by atoms with Crippen molar-refractivity contribution in [2.45, 2.75) is 114 Å². The number of carbonyl (C=O) groups is 5. The number of amides is 3. The van der Waals surface area contributed by atoms with Crippen molar-refractivity contribution < 1.29 is 43.3 Å². The summed E-state index contributed by atoms with van der Waals surface area (Å²) in [4.78, 5) is 70.0. The standard InChI is InChI=1S/C21H18N6O2.C19H18N4O2.C19H19NO2S.2C11H12N4.C10H9N3O2.C2H5NO/c28-21(19-24-18(25-26-19)12-14-6-2-1-3-7-14)23-15-13-29-17-9-5-4-8-16(17)27-11-10-22-20(15)27;24-19(25-12-14-6-2-1-3-7-14)21-16-11-10-15-8-4-5-9-17(15)23-13-20-22-18(16)23;21-19(22-13-14-6-2-1-3-7-14)20-17-11-10-15-8-4-5-9-16(15)12-18(17)23;2*12-9-6-5-8-3-1-2-4-10(8)15-7-13-14-11(9)15;14-10(15)9-11-8(12-13-9)6-7-4-2-1-3-5-7;3-1-2-4/h1-11,15H,12-13H2,(H,23,28)(H,24,25,26);1-9,13,16H,10-12H2,(H,21,24);1-9,17H,10-13H2,(H,20,21);2*1-4,7,9H,5-6,12H2;1-5H,6H2,(H,14,15)(H,11,12,13);2H,1,3H2/t15-;;17-;9-;;;/m0.00.../s1. The monoisotopic (exact) mass is 1710 g/mol. The van der Waals surface area contributed by atoms with Crippen LogP contribution in [0.25, 0.3) is 22.7 Å². The van der Waals surface area contributed by atoms with Crippen LogP contribution in [0.3, 0.4) is 0 Å². The average molecular weight is 1710 g/mol. The summed E-state index contributed by atoms with van der Waals surface area (Å²) in [7, 11) is 0. The molecule has 3 amide bonds. The number of aldehydes is 1. The predicted octanol–water partition coefficient (Wildman–Crippen LogP) is 12.1. The van der Waals surface area contributed by atoms with Crippen LogP contribution in [0.2, 0.25) is 0 Å². The molecule has 15 aromatic rings. The van der Waals surface area contributed by atoms with Crippen molar-refractivity contribution in [3.8, 4) is 28.5 Å². The Balaban J connectivity index is 0.000000124. The zero-order chi connectivity index (χ0) is 87.4. The van der Waals surface area contributed by atoms with Gasteiger partial charge in [0.05, 0.1) is 46.9 Å². The fourth-order valence-corrected chi connectivity index (χ4v) is 15.0. The van der Waals surface area contributed by atoms with Crippen LogP contribution in [0.4, 0.5) is 9.59 Å². The number of ether oxygens (including phenoxy) is 3. The number of nitrogens with two attached hydrogens (primary N) is 3. The van der Waals surface area contributed by atoms with Crippen LogP contribution >= 0.6 is 12.2 Å². The lowest BCUT2D eigenvalue weighted by molar-refractivity contribution is -0.106. The fourth-order valence-electron chi connectivity index (χ4n) is 14.7. The third kappa shape index (κ3) is 23.1. The molecule has 33 heteroatoms. The SMILES string of the molecule is NC1CCc2ccccc2-n2cnnc21.NCC=O.N[C@H]1CCc2ccccc2-n2cnnc21.O=C(NC1CCc2ccccc2-n2cnnc21)OCc1ccccc1.O=C(N[C@H]1CCc2ccccc2CC1=S)OCc1ccccc1.O=C(N[C@H]1COc2ccccc2-n2ccnc21)c1n[nH]c(Cc2ccccc2)n1.O=C(O)c1n[nH]c(Cc2ccccc2)n1. The number of benzene rings is 9. The first-order valence-electron chi connectivity index (χ1n) is 41.0. The van der Waals surface area contributed by atoms with E-state index < -0.39 is 24.2 Å². The Morgan fingerprint density at radius 2 is 0.873 bits per heavy atom. The van der Waals surface area contributed by atoms with E-state index in [1.807, 2.05) is 213 Å². The maximum atomic E-state index is 12.7. The molecule has 32 nitrogen and oxygen atoms in total. The Kier molecular flexibility index (Phi) is 30.1. The summed E-state index contributed by atoms with van der Waals surface area (Å²) in [5.74, 6) is 3.47. The molecule has 20 rings (SSSR count). The van der Waals surface area contributed by atoms with Gasteiger partial charge in [0.15, 0.2) is 17.5 Å². The van der Waals surface area contributed by atoms with Gasteiger partial charge >= 0.3 is 18.2 Å². The molecule has 0 saturated heterocycles. The summed E-state index contributed by atoms with van der Waals surface area (Å²) in [6.45, 7) is 0.916. The maximum absolute atomic E-state index is 12.7. The van der Waals surface area contributed by atoms with E-state index in [0.717, 1.165) is 131 Å². The van der Waals surface area contributed by atoms with Crippen LogP contribution < -0.4 is 37.9 Å². The number of para-hydroxylation sites is 5. The number of nitrogens with zero attached hydrogens (tertiary/aromatic N) is 15. The second-order valence-corrected chi connectivity index (χ2v) is 30.1. The summed E-state index contributed by atoms with van der Waals surface area (Å²) >= 11 is 5.52. The molecular weight excluding hydrogens is 1620 g/mol. The molecular formula is C93H93N23O9S. The van der Waals surface area contributed by atoms with Crippen LogP contribution in [0.15, 0.2) is 274 Å². The van der Waals surface area contributed by atoms with Crippen LogP contribution in [0.5, 0.6) is 5.75 Å². The van der Waals surface area contributed by atoms with Gasteiger partial charge in [-0.15, -0.1) is 40.8 Å². The van der Waals surface area contributed by atoms with Crippen LogP contribution in [-0.2, 0) is 72.4 Å². The van der Waals surface area contributed by atoms with Crippen molar-refractivity contribution in [2.75, 3.05) is 13.2 Å². The number of fused-ring (bicyclic) bond motifs is 13. The lowest BCUT2D eigenvalue weighted by Crippen LogP contribution is -2.40. The number of rotatable bonds is 14. The van der Waals surface area contributed by atoms with Crippen molar-refractivity contribution in [3.05, 3.63) is 371 Å². The van der Waals surface area contributed by atoms with Gasteiger partial charge in [0.25, 0.3) is 11.7 Å². The lowest BCUT2D eigenvalue weighted by Gasteiger charge is -2.17. The zero-order valence-corrected chi connectivity index (χ0v) is 69.4. The Labute approximate surface area is 730 Å². The number of hydrogen-bond acceptors (Lipinski definition) is 23. The Hall–Kier alpha value is -15.2. The number of nitrogens with one attached hydrogen (secondary N) is 5. The highest BCUT2D eigenvalue weighted by Gasteiger charge is 2.31. The van der Waals surface area contributed by atoms with Gasteiger partial charge in [-0.3, -0.25) is 33.3 Å². The molecule has 0 radical (unpaired) electrons. The molecule has 0 bridgehead atoms. The molecule has 6 aromatic heterocycles. The van der Waals surface area contributed by atoms with Crippen LogP contribution in [0.1, 0.15) is 156 Å². The number of carboxylic acids is 1. The summed E-state index contributed by atoms with van der Waals surface area (Å²) in [5, 5.41) is 54.7. The van der Waals surface area contributed by atoms with E-state index in [-0.39, 0.29) is 68.1 Å². The minimum atomic E-state index is -1.12. The van der Waals surface area contributed by atoms with Gasteiger partial charge in [0.1, 0.15) is 74.4 Å². The molecule has 10 heterocycles. The highest BCUT2D eigenvalue weighted by atomic mass is 32.1. The molecule has 4 aliphatic heterocycles. The van der Waals surface area contributed by atoms with E-state index in [2.05, 4.69) is 142 Å². The molecule has 9 aromatic carbocycles. The quantitative estimate of drug-likeness (QED) is 0.0277. The number of aromatic amines is 2. The number of carbonyl (C=O) groups excluding carboxylic acids is 4. The van der Waals surface area contributed by atoms with Gasteiger partial charge in [0, 0.05) is 43.1 Å². The largest absolute Gasteiger partial charge is 0.489 e. The Morgan fingerprint density at radius 1 is 0.468 bits per heavy atom. The number of hydrogen-bond donors (Lipinski definition) is 9. The third-order valence-electron chi connectivity index (χ3n) is 21.0. The number of thiocarbonyl (C=S) groups is 1. The van der Waals surface area contributed by atoms with Crippen molar-refractivity contribution >= 4 is 47.4 Å². The van der Waals surface area contributed by atoms with Gasteiger partial charge < -0.3 is 57.3 Å². The first-order valence-corrected chi connectivity index (χ1v) is 41.4. The number of H-pyrrole nitrogens is 2. The van der Waals surface area contributed by atoms with Crippen molar-refractivity contribution in [1.29, 1.82) is 0 Å². The summed E-state index contributed by atoms with van der Waals surface area (Å²) in [6.07, 6.45) is 17.6. The summed E-state index contributed by atoms with van der Waals surface area (Å²) in [5.41, 5.74) is 31.5. The van der Waals surface area contributed by atoms with Gasteiger partial charge in [-0.05, 0) is 132 Å². The summed E-state index contributed by atoms with van der Waals surface area (Å²) < 4.78 is 24.4. The van der Waals surface area contributed by atoms with E-state index >= 15 is 0 Å². The van der Waals surface area contributed by atoms with Gasteiger partial charge in [-0.2, -0.15) is 0 Å². The molecule has 5 atom stereocenters. The molecule has 5 aliphatic rings. The molecule has 0 spiro atoms. The molecule has 1 aliphatic carbocycles. The number of aryl methyl sites for hydroxylation is 4. The Morgan fingerprint density at radius 3 is 1.37 bits per heavy atom. The highest BCUT2D eigenvalue weighted by molar-refractivity contribution is 7.80. The van der Waals surface area contributed by atoms with E-state index in [4.69, 9.17) is 47.8 Å². The molecule has 2 unspecified atom stereocenters. The molecule has 126 heavy (non-hydrogen) atoms. The normalized spacial score (nSPS) is 15.6.